The highest BCUT2D eigenvalue weighted by Crippen LogP contribution is 2.26. The van der Waals surface area contributed by atoms with Crippen molar-refractivity contribution in [2.24, 2.45) is 0 Å². The van der Waals surface area contributed by atoms with Gasteiger partial charge >= 0.3 is 0 Å². The van der Waals surface area contributed by atoms with Gasteiger partial charge in [0, 0.05) is 24.2 Å². The molecule has 28 heavy (non-hydrogen) atoms. The molecule has 0 spiro atoms. The standard InChI is InChI=1S/C23H25N3O2/c1-2-3-15-28-20-12-8-18(9-13-20)23(27)25-19-10-6-17(7-11-19)21-16-24-22-5-4-14-26(21)22/h6-13,16H,2-5,14-15H2,1H3,(H,25,27). The van der Waals surface area contributed by atoms with Crippen LogP contribution in [0.25, 0.3) is 11.3 Å². The van der Waals surface area contributed by atoms with Gasteiger partial charge in [0.15, 0.2) is 0 Å². The topological polar surface area (TPSA) is 56.1 Å². The fourth-order valence-electron chi connectivity index (χ4n) is 3.45. The Morgan fingerprint density at radius 1 is 1.14 bits per heavy atom. The van der Waals surface area contributed by atoms with Gasteiger partial charge in [0.05, 0.1) is 18.5 Å². The summed E-state index contributed by atoms with van der Waals surface area (Å²) in [6.07, 6.45) is 6.28. The summed E-state index contributed by atoms with van der Waals surface area (Å²) in [7, 11) is 0. The first-order valence-corrected chi connectivity index (χ1v) is 9.93. The van der Waals surface area contributed by atoms with Crippen LogP contribution in [0.15, 0.2) is 54.7 Å². The normalized spacial score (nSPS) is 12.6. The van der Waals surface area contributed by atoms with Gasteiger partial charge in [-0.1, -0.05) is 25.5 Å². The smallest absolute Gasteiger partial charge is 0.255 e. The average Bonchev–Trinajstić information content (AvgIpc) is 3.33. The minimum atomic E-state index is -0.127. The number of fused-ring (bicyclic) bond motifs is 1. The van der Waals surface area contributed by atoms with E-state index in [0.717, 1.165) is 60.7 Å². The fraction of sp³-hybridized carbons (Fsp3) is 0.304. The summed E-state index contributed by atoms with van der Waals surface area (Å²) in [6, 6.07) is 15.2. The summed E-state index contributed by atoms with van der Waals surface area (Å²) < 4.78 is 7.92. The largest absolute Gasteiger partial charge is 0.494 e. The van der Waals surface area contributed by atoms with Crippen molar-refractivity contribution in [1.82, 2.24) is 9.55 Å². The zero-order chi connectivity index (χ0) is 19.3. The Bertz CT molecular complexity index is 943. The molecule has 0 saturated heterocycles. The Kier molecular flexibility index (Phi) is 5.42. The first-order valence-electron chi connectivity index (χ1n) is 9.93. The molecular weight excluding hydrogens is 350 g/mol. The first-order chi connectivity index (χ1) is 13.7. The second-order valence-corrected chi connectivity index (χ2v) is 7.07. The Morgan fingerprint density at radius 2 is 1.93 bits per heavy atom. The van der Waals surface area contributed by atoms with Gasteiger partial charge in [0.1, 0.15) is 11.6 Å². The molecule has 2 aromatic carbocycles. The number of ether oxygens (including phenoxy) is 1. The Balaban J connectivity index is 1.39. The molecule has 1 aromatic heterocycles. The first kappa shape index (κ1) is 18.3. The average molecular weight is 375 g/mol. The number of amides is 1. The van der Waals surface area contributed by atoms with Crippen molar-refractivity contribution in [3.8, 4) is 17.0 Å². The highest BCUT2D eigenvalue weighted by molar-refractivity contribution is 6.04. The zero-order valence-corrected chi connectivity index (χ0v) is 16.1. The molecule has 1 N–H and O–H groups in total. The Hall–Kier alpha value is -3.08. The summed E-state index contributed by atoms with van der Waals surface area (Å²) in [5.41, 5.74) is 3.65. The molecule has 0 aliphatic carbocycles. The molecule has 0 radical (unpaired) electrons. The molecule has 5 heteroatoms. The molecule has 0 fully saturated rings. The maximum Gasteiger partial charge on any atom is 0.255 e. The van der Waals surface area contributed by atoms with Gasteiger partial charge in [0.2, 0.25) is 0 Å². The molecule has 0 unspecified atom stereocenters. The number of unbranched alkanes of at least 4 members (excludes halogenated alkanes) is 1. The molecule has 1 aliphatic rings. The Labute approximate surface area is 165 Å². The molecule has 2 heterocycles. The summed E-state index contributed by atoms with van der Waals surface area (Å²) in [4.78, 5) is 17.0. The van der Waals surface area contributed by atoms with Crippen molar-refractivity contribution in [2.75, 3.05) is 11.9 Å². The van der Waals surface area contributed by atoms with Crippen LogP contribution in [0.1, 0.15) is 42.4 Å². The summed E-state index contributed by atoms with van der Waals surface area (Å²) in [5, 5.41) is 2.95. The van der Waals surface area contributed by atoms with Gasteiger partial charge in [-0.25, -0.2) is 4.98 Å². The number of nitrogens with one attached hydrogen (secondary N) is 1. The molecule has 1 amide bonds. The molecule has 5 nitrogen and oxygen atoms in total. The van der Waals surface area contributed by atoms with Crippen LogP contribution in [-0.2, 0) is 13.0 Å². The monoisotopic (exact) mass is 375 g/mol. The third-order valence-electron chi connectivity index (χ3n) is 5.04. The van der Waals surface area contributed by atoms with E-state index in [1.165, 1.54) is 0 Å². The van der Waals surface area contributed by atoms with Crippen LogP contribution in [0.4, 0.5) is 5.69 Å². The minimum Gasteiger partial charge on any atom is -0.494 e. The quantitative estimate of drug-likeness (QED) is 0.596. The van der Waals surface area contributed by atoms with E-state index in [2.05, 4.69) is 21.8 Å². The van der Waals surface area contributed by atoms with E-state index in [1.54, 1.807) is 12.1 Å². The van der Waals surface area contributed by atoms with Gasteiger partial charge in [-0.05, 0) is 54.8 Å². The number of aryl methyl sites for hydroxylation is 1. The second kappa shape index (κ2) is 8.30. The van der Waals surface area contributed by atoms with Crippen molar-refractivity contribution in [2.45, 2.75) is 39.2 Å². The number of anilines is 1. The summed E-state index contributed by atoms with van der Waals surface area (Å²) in [5.74, 6) is 1.83. The molecule has 144 valence electrons. The van der Waals surface area contributed by atoms with Crippen LogP contribution in [0, 0.1) is 0 Å². The van der Waals surface area contributed by atoms with Gasteiger partial charge in [0.25, 0.3) is 5.91 Å². The van der Waals surface area contributed by atoms with Crippen LogP contribution in [0.3, 0.4) is 0 Å². The van der Waals surface area contributed by atoms with Crippen LogP contribution in [0.2, 0.25) is 0 Å². The number of carbonyl (C=O) groups excluding carboxylic acids is 1. The van der Waals surface area contributed by atoms with E-state index in [1.807, 2.05) is 42.6 Å². The lowest BCUT2D eigenvalue weighted by Gasteiger charge is -2.09. The summed E-state index contributed by atoms with van der Waals surface area (Å²) in [6.45, 7) is 3.86. The molecule has 4 rings (SSSR count). The van der Waals surface area contributed by atoms with E-state index in [0.29, 0.717) is 12.2 Å². The maximum absolute atomic E-state index is 12.5. The van der Waals surface area contributed by atoms with E-state index >= 15 is 0 Å². The van der Waals surface area contributed by atoms with Crippen molar-refractivity contribution < 1.29 is 9.53 Å². The minimum absolute atomic E-state index is 0.127. The number of hydrogen-bond acceptors (Lipinski definition) is 3. The molecule has 0 atom stereocenters. The number of rotatable bonds is 7. The van der Waals surface area contributed by atoms with E-state index in [-0.39, 0.29) is 5.91 Å². The number of imidazole rings is 1. The fourth-order valence-corrected chi connectivity index (χ4v) is 3.45. The number of hydrogen-bond donors (Lipinski definition) is 1. The number of benzene rings is 2. The van der Waals surface area contributed by atoms with E-state index < -0.39 is 0 Å². The zero-order valence-electron chi connectivity index (χ0n) is 16.1. The third kappa shape index (κ3) is 3.93. The highest BCUT2D eigenvalue weighted by Gasteiger charge is 2.16. The Morgan fingerprint density at radius 3 is 2.68 bits per heavy atom. The van der Waals surface area contributed by atoms with E-state index in [4.69, 9.17) is 4.74 Å². The highest BCUT2D eigenvalue weighted by atomic mass is 16.5. The SMILES string of the molecule is CCCCOc1ccc(C(=O)Nc2ccc(-c3cnc4n3CCC4)cc2)cc1. The lowest BCUT2D eigenvalue weighted by atomic mass is 10.1. The molecule has 0 bridgehead atoms. The van der Waals surface area contributed by atoms with Crippen molar-refractivity contribution in [3.63, 3.8) is 0 Å². The predicted octanol–water partition coefficient (Wildman–Crippen LogP) is 4.93. The lowest BCUT2D eigenvalue weighted by Crippen LogP contribution is -2.11. The predicted molar refractivity (Wildman–Crippen MR) is 111 cm³/mol. The number of aromatic nitrogens is 2. The summed E-state index contributed by atoms with van der Waals surface area (Å²) >= 11 is 0. The maximum atomic E-state index is 12.5. The van der Waals surface area contributed by atoms with Gasteiger partial charge in [-0.15, -0.1) is 0 Å². The number of carbonyl (C=O) groups is 1. The van der Waals surface area contributed by atoms with Crippen LogP contribution in [0.5, 0.6) is 5.75 Å². The molecule has 3 aromatic rings. The van der Waals surface area contributed by atoms with Crippen LogP contribution >= 0.6 is 0 Å². The van der Waals surface area contributed by atoms with Crippen molar-refractivity contribution >= 4 is 11.6 Å². The molecule has 1 aliphatic heterocycles. The van der Waals surface area contributed by atoms with Gasteiger partial charge < -0.3 is 14.6 Å². The molecular formula is C23H25N3O2. The van der Waals surface area contributed by atoms with Crippen LogP contribution < -0.4 is 10.1 Å². The van der Waals surface area contributed by atoms with Crippen LogP contribution in [-0.4, -0.2) is 22.1 Å². The van der Waals surface area contributed by atoms with Crippen molar-refractivity contribution in [1.29, 1.82) is 0 Å². The molecule has 0 saturated carbocycles. The second-order valence-electron chi connectivity index (χ2n) is 7.07. The van der Waals surface area contributed by atoms with Crippen molar-refractivity contribution in [3.05, 3.63) is 66.1 Å². The van der Waals surface area contributed by atoms with Gasteiger partial charge in [-0.2, -0.15) is 0 Å². The van der Waals surface area contributed by atoms with Gasteiger partial charge in [-0.3, -0.25) is 4.79 Å². The third-order valence-corrected chi connectivity index (χ3v) is 5.04. The van der Waals surface area contributed by atoms with E-state index in [9.17, 15) is 4.79 Å². The lowest BCUT2D eigenvalue weighted by molar-refractivity contribution is 0.102. The number of nitrogens with zero attached hydrogens (tertiary/aromatic N) is 2.